The van der Waals surface area contributed by atoms with Crippen LogP contribution in [-0.4, -0.2) is 24.9 Å². The van der Waals surface area contributed by atoms with Crippen molar-refractivity contribution in [1.29, 1.82) is 0 Å². The summed E-state index contributed by atoms with van der Waals surface area (Å²) < 4.78 is 34.3. The number of amides is 1. The molecule has 0 radical (unpaired) electrons. The number of anilines is 1. The molecular weight excluding hydrogens is 320 g/mol. The number of ether oxygens (including phenoxy) is 2. The minimum Gasteiger partial charge on any atom is -0.483 e. The van der Waals surface area contributed by atoms with E-state index in [1.807, 2.05) is 0 Å². The summed E-state index contributed by atoms with van der Waals surface area (Å²) in [4.78, 5) is 23.4. The molecule has 0 bridgehead atoms. The van der Waals surface area contributed by atoms with Gasteiger partial charge >= 0.3 is 6.61 Å². The van der Waals surface area contributed by atoms with E-state index < -0.39 is 12.5 Å². The molecule has 126 valence electrons. The number of alkyl halides is 2. The third-order valence-electron chi connectivity index (χ3n) is 3.00. The van der Waals surface area contributed by atoms with Crippen molar-refractivity contribution in [3.63, 3.8) is 0 Å². The van der Waals surface area contributed by atoms with Gasteiger partial charge in [0.1, 0.15) is 11.5 Å². The monoisotopic (exact) mass is 335 g/mol. The van der Waals surface area contributed by atoms with E-state index in [9.17, 15) is 18.4 Å². The van der Waals surface area contributed by atoms with Gasteiger partial charge in [-0.25, -0.2) is 0 Å². The summed E-state index contributed by atoms with van der Waals surface area (Å²) >= 11 is 0. The molecule has 0 unspecified atom stereocenters. The Labute approximate surface area is 137 Å². The lowest BCUT2D eigenvalue weighted by atomic mass is 10.1. The molecule has 0 atom stereocenters. The number of nitrogens with one attached hydrogen (secondary N) is 1. The fourth-order valence-corrected chi connectivity index (χ4v) is 1.98. The van der Waals surface area contributed by atoms with Crippen LogP contribution < -0.4 is 14.8 Å². The number of Topliss-reactive ketones (excluding diaryl/α,β-unsaturated/α-hetero) is 1. The van der Waals surface area contributed by atoms with Crippen molar-refractivity contribution >= 4 is 17.4 Å². The van der Waals surface area contributed by atoms with Crippen molar-refractivity contribution in [2.24, 2.45) is 0 Å². The van der Waals surface area contributed by atoms with E-state index in [4.69, 9.17) is 4.74 Å². The minimum absolute atomic E-state index is 0.103. The molecule has 0 fully saturated rings. The summed E-state index contributed by atoms with van der Waals surface area (Å²) in [5, 5.41) is 2.43. The number of para-hydroxylation sites is 3. The fourth-order valence-electron chi connectivity index (χ4n) is 1.98. The van der Waals surface area contributed by atoms with Crippen molar-refractivity contribution in [1.82, 2.24) is 0 Å². The Morgan fingerprint density at radius 1 is 1.04 bits per heavy atom. The second-order valence-corrected chi connectivity index (χ2v) is 4.76. The van der Waals surface area contributed by atoms with Crippen molar-refractivity contribution in [3.8, 4) is 11.5 Å². The molecule has 7 heteroatoms. The zero-order valence-corrected chi connectivity index (χ0v) is 12.8. The second-order valence-electron chi connectivity index (χ2n) is 4.76. The molecular formula is C17H15F2NO4. The minimum atomic E-state index is -3.00. The van der Waals surface area contributed by atoms with Gasteiger partial charge in [0.15, 0.2) is 12.4 Å². The Morgan fingerprint density at radius 2 is 1.67 bits per heavy atom. The van der Waals surface area contributed by atoms with Crippen LogP contribution >= 0.6 is 0 Å². The summed E-state index contributed by atoms with van der Waals surface area (Å²) in [6.07, 6.45) is 0. The lowest BCUT2D eigenvalue weighted by Gasteiger charge is -2.13. The molecule has 0 aliphatic carbocycles. The summed E-state index contributed by atoms with van der Waals surface area (Å²) in [6.45, 7) is -1.99. The number of hydrogen-bond acceptors (Lipinski definition) is 4. The van der Waals surface area contributed by atoms with Gasteiger partial charge < -0.3 is 14.8 Å². The smallest absolute Gasteiger partial charge is 0.387 e. The lowest BCUT2D eigenvalue weighted by Crippen LogP contribution is -2.21. The lowest BCUT2D eigenvalue weighted by molar-refractivity contribution is -0.118. The SMILES string of the molecule is CC(=O)c1ccccc1OCC(=O)Nc1ccccc1OC(F)F. The average molecular weight is 335 g/mol. The fraction of sp³-hybridized carbons (Fsp3) is 0.176. The molecule has 0 aliphatic heterocycles. The first-order valence-electron chi connectivity index (χ1n) is 7.04. The largest absolute Gasteiger partial charge is 0.483 e. The number of ketones is 1. The number of benzene rings is 2. The maximum atomic E-state index is 12.3. The Hall–Kier alpha value is -2.96. The first kappa shape index (κ1) is 17.4. The standard InChI is InChI=1S/C17H15F2NO4/c1-11(21)12-6-2-4-8-14(12)23-10-16(22)20-13-7-3-5-9-15(13)24-17(18)19/h2-9,17H,10H2,1H3,(H,20,22). The van der Waals surface area contributed by atoms with E-state index in [1.54, 1.807) is 30.3 Å². The highest BCUT2D eigenvalue weighted by Gasteiger charge is 2.13. The van der Waals surface area contributed by atoms with Gasteiger partial charge in [0, 0.05) is 0 Å². The normalized spacial score (nSPS) is 10.3. The number of carbonyl (C=O) groups excluding carboxylic acids is 2. The van der Waals surface area contributed by atoms with Gasteiger partial charge in [-0.05, 0) is 31.2 Å². The predicted molar refractivity (Wildman–Crippen MR) is 83.6 cm³/mol. The van der Waals surface area contributed by atoms with E-state index >= 15 is 0 Å². The van der Waals surface area contributed by atoms with Crippen molar-refractivity contribution in [2.45, 2.75) is 13.5 Å². The first-order valence-corrected chi connectivity index (χ1v) is 7.04. The van der Waals surface area contributed by atoms with Gasteiger partial charge in [-0.1, -0.05) is 24.3 Å². The zero-order valence-electron chi connectivity index (χ0n) is 12.8. The molecule has 2 aromatic rings. The van der Waals surface area contributed by atoms with Crippen LogP contribution in [0.5, 0.6) is 11.5 Å². The van der Waals surface area contributed by atoms with Crippen LogP contribution in [-0.2, 0) is 4.79 Å². The summed E-state index contributed by atoms with van der Waals surface area (Å²) in [6, 6.07) is 12.3. The summed E-state index contributed by atoms with van der Waals surface area (Å²) in [5.41, 5.74) is 0.456. The second kappa shape index (κ2) is 8.05. The van der Waals surface area contributed by atoms with E-state index in [2.05, 4.69) is 10.1 Å². The summed E-state index contributed by atoms with van der Waals surface area (Å²) in [5.74, 6) is -0.636. The predicted octanol–water partition coefficient (Wildman–Crippen LogP) is 3.51. The van der Waals surface area contributed by atoms with Crippen LogP contribution in [0.4, 0.5) is 14.5 Å². The molecule has 2 aromatic carbocycles. The Kier molecular flexibility index (Phi) is 5.83. The average Bonchev–Trinajstić information content (AvgIpc) is 2.54. The highest BCUT2D eigenvalue weighted by atomic mass is 19.3. The van der Waals surface area contributed by atoms with Crippen LogP contribution in [0.2, 0.25) is 0 Å². The molecule has 0 aliphatic rings. The Morgan fingerprint density at radius 3 is 2.33 bits per heavy atom. The van der Waals surface area contributed by atoms with Crippen molar-refractivity contribution < 1.29 is 27.8 Å². The van der Waals surface area contributed by atoms with Gasteiger partial charge in [-0.2, -0.15) is 8.78 Å². The number of hydrogen-bond donors (Lipinski definition) is 1. The van der Waals surface area contributed by atoms with Crippen molar-refractivity contribution in [3.05, 3.63) is 54.1 Å². The van der Waals surface area contributed by atoms with Gasteiger partial charge in [0.05, 0.1) is 11.3 Å². The highest BCUT2D eigenvalue weighted by Crippen LogP contribution is 2.25. The van der Waals surface area contributed by atoms with E-state index in [0.29, 0.717) is 5.56 Å². The third-order valence-corrected chi connectivity index (χ3v) is 3.00. The van der Waals surface area contributed by atoms with Crippen molar-refractivity contribution in [2.75, 3.05) is 11.9 Å². The first-order chi connectivity index (χ1) is 11.5. The molecule has 0 spiro atoms. The van der Waals surface area contributed by atoms with Gasteiger partial charge in [0.2, 0.25) is 0 Å². The molecule has 2 rings (SSSR count). The van der Waals surface area contributed by atoms with Gasteiger partial charge in [-0.15, -0.1) is 0 Å². The van der Waals surface area contributed by atoms with Crippen LogP contribution in [0.3, 0.4) is 0 Å². The van der Waals surface area contributed by atoms with E-state index in [-0.39, 0.29) is 29.6 Å². The maximum absolute atomic E-state index is 12.3. The number of halogens is 2. The number of rotatable bonds is 7. The molecule has 1 amide bonds. The quantitative estimate of drug-likeness (QED) is 0.787. The van der Waals surface area contributed by atoms with Crippen LogP contribution in [0.25, 0.3) is 0 Å². The topological polar surface area (TPSA) is 64.6 Å². The van der Waals surface area contributed by atoms with Crippen LogP contribution in [0.15, 0.2) is 48.5 Å². The number of carbonyl (C=O) groups is 2. The van der Waals surface area contributed by atoms with Crippen LogP contribution in [0.1, 0.15) is 17.3 Å². The molecule has 0 saturated heterocycles. The third kappa shape index (κ3) is 4.77. The van der Waals surface area contributed by atoms with Gasteiger partial charge in [0.25, 0.3) is 5.91 Å². The molecule has 0 heterocycles. The molecule has 24 heavy (non-hydrogen) atoms. The molecule has 0 saturated carbocycles. The Bertz CT molecular complexity index is 734. The maximum Gasteiger partial charge on any atom is 0.387 e. The van der Waals surface area contributed by atoms with E-state index in [0.717, 1.165) is 0 Å². The van der Waals surface area contributed by atoms with Gasteiger partial charge in [-0.3, -0.25) is 9.59 Å². The summed E-state index contributed by atoms with van der Waals surface area (Å²) in [7, 11) is 0. The van der Waals surface area contributed by atoms with E-state index in [1.165, 1.54) is 25.1 Å². The molecule has 1 N–H and O–H groups in total. The molecule has 0 aromatic heterocycles. The van der Waals surface area contributed by atoms with Crippen LogP contribution in [0, 0.1) is 0 Å². The Balaban J connectivity index is 2.01. The zero-order chi connectivity index (χ0) is 17.5. The highest BCUT2D eigenvalue weighted by molar-refractivity contribution is 5.97. The molecule has 5 nitrogen and oxygen atoms in total.